The minimum Gasteiger partial charge on any atom is -0.357 e. The van der Waals surface area contributed by atoms with Gasteiger partial charge in [0.25, 0.3) is 12.2 Å². The van der Waals surface area contributed by atoms with Crippen LogP contribution in [0.3, 0.4) is 0 Å². The number of dihydropyridines is 1. The van der Waals surface area contributed by atoms with Crippen molar-refractivity contribution in [1.29, 1.82) is 0 Å². The fourth-order valence-corrected chi connectivity index (χ4v) is 1.30. The Morgan fingerprint density at radius 3 is 2.41 bits per heavy atom. The first-order valence-corrected chi connectivity index (χ1v) is 5.22. The Balaban J connectivity index is 2.80. The highest BCUT2D eigenvalue weighted by molar-refractivity contribution is 5.78. The molecule has 0 unspecified atom stereocenters. The van der Waals surface area contributed by atoms with E-state index in [0.717, 1.165) is 0 Å². The van der Waals surface area contributed by atoms with Crippen LogP contribution in [-0.4, -0.2) is 48.8 Å². The molecule has 0 aromatic carbocycles. The standard InChI is InChI=1S/C11H18N5O/c1-14(2)11(15(3)4)13-16(17)9-10-7-5-6-8-12-10/h5-9,12H,1-4H3/q+1. The van der Waals surface area contributed by atoms with Crippen molar-refractivity contribution in [2.24, 2.45) is 5.10 Å². The van der Waals surface area contributed by atoms with E-state index in [9.17, 15) is 4.91 Å². The summed E-state index contributed by atoms with van der Waals surface area (Å²) in [6.07, 6.45) is 8.63. The Morgan fingerprint density at radius 2 is 1.94 bits per heavy atom. The van der Waals surface area contributed by atoms with Crippen LogP contribution in [0.1, 0.15) is 0 Å². The van der Waals surface area contributed by atoms with E-state index in [2.05, 4.69) is 10.4 Å². The lowest BCUT2D eigenvalue weighted by molar-refractivity contribution is -0.486. The molecule has 0 aromatic heterocycles. The molecule has 0 aromatic rings. The molecule has 0 atom stereocenters. The maximum atomic E-state index is 11.6. The van der Waals surface area contributed by atoms with E-state index in [-0.39, 0.29) is 0 Å². The van der Waals surface area contributed by atoms with Gasteiger partial charge in [0.1, 0.15) is 5.70 Å². The molecule has 6 nitrogen and oxygen atoms in total. The second-order valence-corrected chi connectivity index (χ2v) is 3.94. The van der Waals surface area contributed by atoms with E-state index in [1.165, 1.54) is 6.20 Å². The summed E-state index contributed by atoms with van der Waals surface area (Å²) in [4.78, 5) is 15.7. The van der Waals surface area contributed by atoms with Crippen molar-refractivity contribution in [2.75, 3.05) is 28.2 Å². The molecule has 0 bridgehead atoms. The van der Waals surface area contributed by atoms with E-state index in [1.807, 2.05) is 40.3 Å². The first kappa shape index (κ1) is 13.0. The third kappa shape index (κ3) is 4.10. The number of guanidine groups is 1. The normalized spacial score (nSPS) is 15.4. The van der Waals surface area contributed by atoms with Crippen molar-refractivity contribution in [3.8, 4) is 0 Å². The fraction of sp³-hybridized carbons (Fsp3) is 0.364. The molecule has 1 aliphatic rings. The first-order valence-electron chi connectivity index (χ1n) is 5.22. The average molecular weight is 236 g/mol. The van der Waals surface area contributed by atoms with Gasteiger partial charge in [-0.15, -0.1) is 0 Å². The summed E-state index contributed by atoms with van der Waals surface area (Å²) in [6, 6.07) is 0. The molecule has 0 amide bonds. The zero-order valence-corrected chi connectivity index (χ0v) is 10.6. The van der Waals surface area contributed by atoms with Crippen LogP contribution in [0.4, 0.5) is 0 Å². The van der Waals surface area contributed by atoms with Gasteiger partial charge in [0.05, 0.1) is 10.0 Å². The quantitative estimate of drug-likeness (QED) is 0.331. The third-order valence-corrected chi connectivity index (χ3v) is 1.97. The Labute approximate surface area is 101 Å². The maximum Gasteiger partial charge on any atom is 0.283 e. The molecule has 17 heavy (non-hydrogen) atoms. The Hall–Kier alpha value is -2.11. The summed E-state index contributed by atoms with van der Waals surface area (Å²) in [5.74, 6) is 0.576. The third-order valence-electron chi connectivity index (χ3n) is 1.97. The molecule has 6 heteroatoms. The monoisotopic (exact) mass is 236 g/mol. The van der Waals surface area contributed by atoms with Gasteiger partial charge in [-0.25, -0.2) is 0 Å². The highest BCUT2D eigenvalue weighted by atomic mass is 16.3. The molecule has 0 fully saturated rings. The topological polar surface area (TPSA) is 51.0 Å². The van der Waals surface area contributed by atoms with E-state index < -0.39 is 0 Å². The molecule has 92 valence electrons. The van der Waals surface area contributed by atoms with E-state index in [0.29, 0.717) is 16.5 Å². The van der Waals surface area contributed by atoms with Gasteiger partial charge in [0.2, 0.25) is 0 Å². The second kappa shape index (κ2) is 5.83. The number of hydrogen-bond acceptors (Lipinski definition) is 2. The average Bonchev–Trinajstić information content (AvgIpc) is 2.26. The number of nitrogens with zero attached hydrogens (tertiary/aromatic N) is 4. The van der Waals surface area contributed by atoms with Gasteiger partial charge in [-0.3, -0.25) is 0 Å². The minimum atomic E-state index is 0.543. The lowest BCUT2D eigenvalue weighted by atomic mass is 10.3. The Bertz CT molecular complexity index is 394. The fourth-order valence-electron chi connectivity index (χ4n) is 1.30. The summed E-state index contributed by atoms with van der Waals surface area (Å²) in [6.45, 7) is 0. The summed E-state index contributed by atoms with van der Waals surface area (Å²) < 4.78 is 0. The predicted octanol–water partition coefficient (Wildman–Crippen LogP) is 0.674. The zero-order valence-electron chi connectivity index (χ0n) is 10.6. The number of nitroso groups, excluding NO2 is 1. The smallest absolute Gasteiger partial charge is 0.283 e. The van der Waals surface area contributed by atoms with Gasteiger partial charge in [-0.2, -0.15) is 0 Å². The highest BCUT2D eigenvalue weighted by Crippen LogP contribution is 1.99. The minimum absolute atomic E-state index is 0.543. The van der Waals surface area contributed by atoms with Crippen molar-refractivity contribution < 1.29 is 4.87 Å². The molecule has 0 saturated carbocycles. The van der Waals surface area contributed by atoms with Crippen molar-refractivity contribution in [3.05, 3.63) is 41.2 Å². The Morgan fingerprint density at radius 1 is 1.29 bits per heavy atom. The van der Waals surface area contributed by atoms with Crippen LogP contribution in [0.5, 0.6) is 0 Å². The molecule has 0 spiro atoms. The highest BCUT2D eigenvalue weighted by Gasteiger charge is 2.13. The summed E-state index contributed by atoms with van der Waals surface area (Å²) in [5, 5.41) is 6.88. The van der Waals surface area contributed by atoms with Crippen molar-refractivity contribution in [2.45, 2.75) is 0 Å². The lowest BCUT2D eigenvalue weighted by Gasteiger charge is -2.18. The van der Waals surface area contributed by atoms with Gasteiger partial charge < -0.3 is 15.1 Å². The molecule has 1 N–H and O–H groups in total. The number of nitrogens with one attached hydrogen (secondary N) is 1. The molecule has 0 saturated heterocycles. The van der Waals surface area contributed by atoms with Crippen LogP contribution in [0, 0.1) is 4.91 Å². The van der Waals surface area contributed by atoms with Crippen LogP contribution >= 0.6 is 0 Å². The van der Waals surface area contributed by atoms with Gasteiger partial charge in [0.15, 0.2) is 4.87 Å². The van der Waals surface area contributed by atoms with Crippen LogP contribution < -0.4 is 5.32 Å². The Kier molecular flexibility index (Phi) is 4.45. The SMILES string of the molecule is CN(C)C(=N[N+](=O)C=C1C=CC=CN1)N(C)C. The van der Waals surface area contributed by atoms with E-state index in [1.54, 1.807) is 22.1 Å². The predicted molar refractivity (Wildman–Crippen MR) is 67.9 cm³/mol. The van der Waals surface area contributed by atoms with Gasteiger partial charge in [-0.1, -0.05) is 6.08 Å². The molecule has 1 aliphatic heterocycles. The summed E-state index contributed by atoms with van der Waals surface area (Å²) >= 11 is 0. The number of hydrogen-bond donors (Lipinski definition) is 1. The van der Waals surface area contributed by atoms with Gasteiger partial charge in [-0.05, 0) is 12.2 Å². The van der Waals surface area contributed by atoms with Crippen LogP contribution in [0.15, 0.2) is 41.4 Å². The van der Waals surface area contributed by atoms with E-state index in [4.69, 9.17) is 0 Å². The second-order valence-electron chi connectivity index (χ2n) is 3.94. The van der Waals surface area contributed by atoms with Crippen LogP contribution in [-0.2, 0) is 0 Å². The lowest BCUT2D eigenvalue weighted by Crippen LogP contribution is -2.36. The molecular formula is C11H18N5O+. The number of rotatable bonds is 2. The molecule has 1 heterocycles. The van der Waals surface area contributed by atoms with Crippen LogP contribution in [0.25, 0.3) is 0 Å². The number of allylic oxidation sites excluding steroid dienone is 3. The van der Waals surface area contributed by atoms with Gasteiger partial charge >= 0.3 is 0 Å². The number of hydrazone groups is 1. The summed E-state index contributed by atoms with van der Waals surface area (Å²) in [7, 11) is 7.34. The van der Waals surface area contributed by atoms with Crippen molar-refractivity contribution in [3.63, 3.8) is 0 Å². The molecular weight excluding hydrogens is 218 g/mol. The molecule has 0 radical (unpaired) electrons. The largest absolute Gasteiger partial charge is 0.357 e. The first-order chi connectivity index (χ1) is 8.00. The zero-order chi connectivity index (χ0) is 12.8. The summed E-state index contributed by atoms with van der Waals surface area (Å²) in [5.41, 5.74) is 0.697. The van der Waals surface area contributed by atoms with Crippen molar-refractivity contribution in [1.82, 2.24) is 15.1 Å². The molecule has 1 rings (SSSR count). The van der Waals surface area contributed by atoms with E-state index >= 15 is 0 Å². The van der Waals surface area contributed by atoms with Gasteiger partial charge in [0, 0.05) is 34.4 Å². The van der Waals surface area contributed by atoms with Crippen molar-refractivity contribution >= 4 is 5.96 Å². The molecule has 0 aliphatic carbocycles. The maximum absolute atomic E-state index is 11.6. The van der Waals surface area contributed by atoms with Crippen LogP contribution in [0.2, 0.25) is 0 Å².